The van der Waals surface area contributed by atoms with Crippen LogP contribution in [0.2, 0.25) is 0 Å². The third-order valence-electron chi connectivity index (χ3n) is 6.51. The largest absolute Gasteiger partial charge is 0.327 e. The summed E-state index contributed by atoms with van der Waals surface area (Å²) in [5.74, 6) is 1.51. The molecule has 188 valence electrons. The molecule has 0 aliphatic carbocycles. The Kier molecular flexibility index (Phi) is 7.53. The molecule has 2 aromatic heterocycles. The number of fused-ring (bicyclic) bond motifs is 1. The smallest absolute Gasteiger partial charge is 0.242 e. The highest BCUT2D eigenvalue weighted by molar-refractivity contribution is 7.89. The number of pyridine rings is 1. The number of piperidine rings is 1. The van der Waals surface area contributed by atoms with Gasteiger partial charge in [-0.15, -0.1) is 0 Å². The maximum atomic E-state index is 12.7. The second kappa shape index (κ2) is 10.4. The molecule has 10 heteroatoms. The van der Waals surface area contributed by atoms with E-state index in [1.165, 1.54) is 18.4 Å². The first kappa shape index (κ1) is 25.3. The Balaban J connectivity index is 1.45. The average molecular weight is 499 g/mol. The lowest BCUT2D eigenvalue weighted by atomic mass is 9.96. The van der Waals surface area contributed by atoms with Crippen molar-refractivity contribution in [3.05, 3.63) is 47.9 Å². The van der Waals surface area contributed by atoms with Crippen LogP contribution < -0.4 is 5.32 Å². The van der Waals surface area contributed by atoms with Gasteiger partial charge < -0.3 is 9.88 Å². The van der Waals surface area contributed by atoms with Gasteiger partial charge in [-0.1, -0.05) is 6.92 Å². The van der Waals surface area contributed by atoms with Crippen LogP contribution in [-0.4, -0.2) is 65.3 Å². The molecular weight excluding hydrogens is 464 g/mol. The summed E-state index contributed by atoms with van der Waals surface area (Å²) in [7, 11) is -0.460. The van der Waals surface area contributed by atoms with Gasteiger partial charge in [-0.25, -0.2) is 22.7 Å². The van der Waals surface area contributed by atoms with Crippen molar-refractivity contribution in [2.75, 3.05) is 32.5 Å². The molecule has 4 rings (SSSR count). The molecule has 1 aliphatic rings. The summed E-state index contributed by atoms with van der Waals surface area (Å²) >= 11 is 0. The highest BCUT2D eigenvalue weighted by Crippen LogP contribution is 2.25. The van der Waals surface area contributed by atoms with E-state index in [9.17, 15) is 13.2 Å². The molecule has 3 heterocycles. The third-order valence-corrected chi connectivity index (χ3v) is 8.33. The Morgan fingerprint density at radius 2 is 1.91 bits per heavy atom. The van der Waals surface area contributed by atoms with Crippen LogP contribution in [0.1, 0.15) is 37.6 Å². The van der Waals surface area contributed by atoms with Gasteiger partial charge in [0.15, 0.2) is 0 Å². The van der Waals surface area contributed by atoms with Crippen molar-refractivity contribution in [3.8, 4) is 0 Å². The number of hydrogen-bond acceptors (Lipinski definition) is 6. The molecule has 0 radical (unpaired) electrons. The summed E-state index contributed by atoms with van der Waals surface area (Å²) in [4.78, 5) is 24.3. The zero-order valence-corrected chi connectivity index (χ0v) is 21.7. The van der Waals surface area contributed by atoms with Crippen molar-refractivity contribution in [1.82, 2.24) is 23.7 Å². The fourth-order valence-corrected chi connectivity index (χ4v) is 5.43. The third kappa shape index (κ3) is 5.55. The van der Waals surface area contributed by atoms with E-state index >= 15 is 0 Å². The molecule has 1 saturated heterocycles. The number of carbonyl (C=O) groups is 1. The van der Waals surface area contributed by atoms with Crippen LogP contribution in [0.3, 0.4) is 0 Å². The molecule has 0 bridgehead atoms. The number of nitrogens with one attached hydrogen (secondary N) is 1. The van der Waals surface area contributed by atoms with Gasteiger partial charge in [0.05, 0.1) is 22.5 Å². The Bertz CT molecular complexity index is 1310. The first-order valence-electron chi connectivity index (χ1n) is 12.1. The number of sulfonamides is 1. The summed E-state index contributed by atoms with van der Waals surface area (Å²) < 4.78 is 28.5. The first-order chi connectivity index (χ1) is 16.7. The van der Waals surface area contributed by atoms with Crippen LogP contribution in [-0.2, 0) is 27.9 Å². The van der Waals surface area contributed by atoms with E-state index in [4.69, 9.17) is 4.98 Å². The summed E-state index contributed by atoms with van der Waals surface area (Å²) in [6, 6.07) is 8.95. The molecule has 0 spiro atoms. The van der Waals surface area contributed by atoms with Gasteiger partial charge >= 0.3 is 0 Å². The number of benzene rings is 1. The lowest BCUT2D eigenvalue weighted by Gasteiger charge is -2.31. The van der Waals surface area contributed by atoms with Crippen LogP contribution in [0.5, 0.6) is 0 Å². The molecule has 0 atom stereocenters. The quantitative estimate of drug-likeness (QED) is 0.512. The maximum absolute atomic E-state index is 12.7. The van der Waals surface area contributed by atoms with Crippen molar-refractivity contribution in [3.63, 3.8) is 0 Å². The normalized spacial score (nSPS) is 15.7. The number of imidazole rings is 1. The second-order valence-electron chi connectivity index (χ2n) is 9.38. The Labute approximate surface area is 207 Å². The van der Waals surface area contributed by atoms with Gasteiger partial charge in [0.2, 0.25) is 15.9 Å². The summed E-state index contributed by atoms with van der Waals surface area (Å²) in [5.41, 5.74) is 2.70. The first-order valence-corrected chi connectivity index (χ1v) is 13.5. The minimum Gasteiger partial charge on any atom is -0.327 e. The second-order valence-corrected chi connectivity index (χ2v) is 11.5. The Morgan fingerprint density at radius 3 is 2.57 bits per heavy atom. The van der Waals surface area contributed by atoms with Gasteiger partial charge in [-0.05, 0) is 75.2 Å². The number of aromatic nitrogens is 3. The van der Waals surface area contributed by atoms with Crippen molar-refractivity contribution in [2.45, 2.75) is 51.1 Å². The fraction of sp³-hybridized carbons (Fsp3) is 0.480. The minimum absolute atomic E-state index is 0.0237. The molecule has 1 amide bonds. The predicted molar refractivity (Wildman–Crippen MR) is 137 cm³/mol. The highest BCUT2D eigenvalue weighted by Gasteiger charge is 2.27. The van der Waals surface area contributed by atoms with E-state index in [2.05, 4.69) is 26.7 Å². The molecule has 1 N–H and O–H groups in total. The molecule has 1 aromatic carbocycles. The highest BCUT2D eigenvalue weighted by atomic mass is 32.2. The molecular formula is C25H34N6O3S. The monoisotopic (exact) mass is 498 g/mol. The fourth-order valence-electron chi connectivity index (χ4n) is 4.51. The van der Waals surface area contributed by atoms with Crippen molar-refractivity contribution < 1.29 is 13.2 Å². The topological polar surface area (TPSA) is 100 Å². The summed E-state index contributed by atoms with van der Waals surface area (Å²) in [6.45, 7) is 7.17. The Hall–Kier alpha value is -2.82. The van der Waals surface area contributed by atoms with Crippen LogP contribution >= 0.6 is 0 Å². The number of amides is 1. The zero-order chi connectivity index (χ0) is 25.2. The van der Waals surface area contributed by atoms with Crippen molar-refractivity contribution >= 4 is 32.8 Å². The number of anilines is 1. The van der Waals surface area contributed by atoms with E-state index in [-0.39, 0.29) is 16.7 Å². The average Bonchev–Trinajstić information content (AvgIpc) is 3.16. The number of rotatable bonds is 8. The number of aryl methyl sites for hydroxylation is 2. The van der Waals surface area contributed by atoms with E-state index in [0.717, 1.165) is 55.8 Å². The van der Waals surface area contributed by atoms with E-state index in [1.54, 1.807) is 18.3 Å². The molecule has 9 nitrogen and oxygen atoms in total. The molecule has 1 fully saturated rings. The standard InChI is InChI=1S/C25H34N6O3S/c1-5-12-31-22-7-6-20(35(33,34)29(3)4)16-21(22)27-24(31)17-30-13-9-19(10-14-30)25(32)28-23-15-18(2)8-11-26-23/h6-8,11,15-16,19H,5,9-10,12-14,17H2,1-4H3,(H,26,28,32). The van der Waals surface area contributed by atoms with Gasteiger partial charge in [0.25, 0.3) is 0 Å². The number of hydrogen-bond donors (Lipinski definition) is 1. The van der Waals surface area contributed by atoms with Crippen molar-refractivity contribution in [2.24, 2.45) is 5.92 Å². The van der Waals surface area contributed by atoms with E-state index in [0.29, 0.717) is 17.9 Å². The van der Waals surface area contributed by atoms with E-state index < -0.39 is 10.0 Å². The van der Waals surface area contributed by atoms with Gasteiger partial charge in [0.1, 0.15) is 11.6 Å². The lowest BCUT2D eigenvalue weighted by molar-refractivity contribution is -0.121. The number of carbonyl (C=O) groups excluding carboxylic acids is 1. The van der Waals surface area contributed by atoms with Crippen LogP contribution in [0.15, 0.2) is 41.4 Å². The Morgan fingerprint density at radius 1 is 1.17 bits per heavy atom. The minimum atomic E-state index is -3.52. The molecule has 0 unspecified atom stereocenters. The SMILES string of the molecule is CCCn1c(CN2CCC(C(=O)Nc3cc(C)ccn3)CC2)nc2cc(S(=O)(=O)N(C)C)ccc21. The van der Waals surface area contributed by atoms with Crippen molar-refractivity contribution in [1.29, 1.82) is 0 Å². The van der Waals surface area contributed by atoms with Gasteiger partial charge in [-0.2, -0.15) is 0 Å². The van der Waals surface area contributed by atoms with Crippen LogP contribution in [0.25, 0.3) is 11.0 Å². The van der Waals surface area contributed by atoms with Gasteiger partial charge in [0, 0.05) is 32.8 Å². The summed E-state index contributed by atoms with van der Waals surface area (Å²) in [6.07, 6.45) is 4.20. The van der Waals surface area contributed by atoms with Crippen LogP contribution in [0, 0.1) is 12.8 Å². The van der Waals surface area contributed by atoms with Gasteiger partial charge in [-0.3, -0.25) is 9.69 Å². The number of nitrogens with zero attached hydrogens (tertiary/aromatic N) is 5. The molecule has 35 heavy (non-hydrogen) atoms. The molecule has 3 aromatic rings. The van der Waals surface area contributed by atoms with E-state index in [1.807, 2.05) is 25.1 Å². The molecule has 0 saturated carbocycles. The van der Waals surface area contributed by atoms with Crippen LogP contribution in [0.4, 0.5) is 5.82 Å². The predicted octanol–water partition coefficient (Wildman–Crippen LogP) is 3.25. The lowest BCUT2D eigenvalue weighted by Crippen LogP contribution is -2.38. The zero-order valence-electron chi connectivity index (χ0n) is 20.9. The summed E-state index contributed by atoms with van der Waals surface area (Å²) in [5, 5.41) is 2.95. The number of likely N-dealkylation sites (tertiary alicyclic amines) is 1. The molecule has 1 aliphatic heterocycles. The maximum Gasteiger partial charge on any atom is 0.242 e.